The Morgan fingerprint density at radius 3 is 2.50 bits per heavy atom. The van der Waals surface area contributed by atoms with Gasteiger partial charge in [-0.15, -0.1) is 0 Å². The molecule has 0 unspecified atom stereocenters. The number of anilines is 2. The predicted octanol–water partition coefficient (Wildman–Crippen LogP) is 2.67. The molecule has 1 aromatic carbocycles. The van der Waals surface area contributed by atoms with Crippen LogP contribution in [-0.4, -0.2) is 35.9 Å². The molecule has 2 heterocycles. The van der Waals surface area contributed by atoms with Gasteiger partial charge >= 0.3 is 6.03 Å². The monoisotopic (exact) mass is 382 g/mol. The Hall–Kier alpha value is -3.80. The quantitative estimate of drug-likeness (QED) is 0.595. The summed E-state index contributed by atoms with van der Waals surface area (Å²) in [4.78, 5) is 42.6. The second kappa shape index (κ2) is 6.74. The number of carbonyl (C=O) groups excluding carboxylic acids is 3. The van der Waals surface area contributed by atoms with E-state index in [-0.39, 0.29) is 28.4 Å². The maximum atomic E-state index is 14.9. The lowest BCUT2D eigenvalue weighted by Crippen LogP contribution is -2.44. The first-order valence-corrected chi connectivity index (χ1v) is 8.14. The molecule has 0 saturated carbocycles. The second-order valence-electron chi connectivity index (χ2n) is 6.47. The smallest absolute Gasteiger partial charge is 0.337 e. The normalized spacial score (nSPS) is 15.5. The maximum Gasteiger partial charge on any atom is 0.337 e. The van der Waals surface area contributed by atoms with Crippen molar-refractivity contribution in [3.05, 3.63) is 47.5 Å². The molecule has 0 spiro atoms. The Morgan fingerprint density at radius 2 is 1.96 bits per heavy atom. The van der Waals surface area contributed by atoms with E-state index in [1.807, 2.05) is 0 Å². The Morgan fingerprint density at radius 1 is 1.25 bits per heavy atom. The van der Waals surface area contributed by atoms with E-state index in [4.69, 9.17) is 10.00 Å². The number of carbonyl (C=O) groups is 3. The highest BCUT2D eigenvalue weighted by Gasteiger charge is 2.53. The summed E-state index contributed by atoms with van der Waals surface area (Å²) < 4.78 is 19.8. The topological polar surface area (TPSA) is 104 Å². The molecular weight excluding hydrogens is 367 g/mol. The summed E-state index contributed by atoms with van der Waals surface area (Å²) in [5, 5.41) is 9.07. The SMILES string of the molecule is COc1c(C#N)ccc(N2C(=O)N(c3ccc(C=O)nc3)C(C)(C)C2=O)c1F. The van der Waals surface area contributed by atoms with E-state index in [1.54, 1.807) is 6.07 Å². The fourth-order valence-electron chi connectivity index (χ4n) is 3.05. The largest absolute Gasteiger partial charge is 0.492 e. The van der Waals surface area contributed by atoms with Gasteiger partial charge in [-0.25, -0.2) is 14.1 Å². The highest BCUT2D eigenvalue weighted by molar-refractivity contribution is 6.30. The summed E-state index contributed by atoms with van der Waals surface area (Å²) in [5.74, 6) is -2.01. The average Bonchev–Trinajstić information content (AvgIpc) is 2.86. The molecule has 8 nitrogen and oxygen atoms in total. The number of rotatable bonds is 4. The number of benzene rings is 1. The third-order valence-corrected chi connectivity index (χ3v) is 4.46. The number of aromatic nitrogens is 1. The first kappa shape index (κ1) is 19.0. The standard InChI is InChI=1S/C19H15FN4O4/c1-19(2)17(26)23(14-7-4-11(8-21)16(28-3)15(14)20)18(27)24(19)13-6-5-12(10-25)22-9-13/h4-7,9-10H,1-3H3. The van der Waals surface area contributed by atoms with E-state index in [1.165, 1.54) is 56.3 Å². The van der Waals surface area contributed by atoms with E-state index >= 15 is 0 Å². The van der Waals surface area contributed by atoms with Crippen LogP contribution >= 0.6 is 0 Å². The van der Waals surface area contributed by atoms with Crippen molar-refractivity contribution >= 4 is 29.6 Å². The van der Waals surface area contributed by atoms with Gasteiger partial charge in [0.25, 0.3) is 5.91 Å². The number of hydrogen-bond acceptors (Lipinski definition) is 6. The van der Waals surface area contributed by atoms with Crippen LogP contribution in [0, 0.1) is 17.1 Å². The van der Waals surface area contributed by atoms with Gasteiger partial charge < -0.3 is 4.74 Å². The number of pyridine rings is 1. The highest BCUT2D eigenvalue weighted by atomic mass is 19.1. The molecule has 2 aromatic rings. The van der Waals surface area contributed by atoms with Crippen molar-refractivity contribution < 1.29 is 23.5 Å². The molecule has 3 amide bonds. The molecule has 0 atom stereocenters. The number of hydrogen-bond donors (Lipinski definition) is 0. The van der Waals surface area contributed by atoms with Crippen LogP contribution in [0.5, 0.6) is 5.75 Å². The summed E-state index contributed by atoms with van der Waals surface area (Å²) in [7, 11) is 1.19. The number of halogens is 1. The number of imide groups is 1. The first-order valence-electron chi connectivity index (χ1n) is 8.14. The van der Waals surface area contributed by atoms with Crippen LogP contribution in [0.2, 0.25) is 0 Å². The van der Waals surface area contributed by atoms with E-state index in [0.29, 0.717) is 11.2 Å². The zero-order valence-electron chi connectivity index (χ0n) is 15.3. The van der Waals surface area contributed by atoms with E-state index < -0.39 is 23.3 Å². The van der Waals surface area contributed by atoms with Gasteiger partial charge in [0.15, 0.2) is 17.9 Å². The average molecular weight is 382 g/mol. The number of methoxy groups -OCH3 is 1. The summed E-state index contributed by atoms with van der Waals surface area (Å²) in [6.07, 6.45) is 1.84. The molecule has 1 fully saturated rings. The molecule has 0 radical (unpaired) electrons. The molecule has 142 valence electrons. The molecular formula is C19H15FN4O4. The summed E-state index contributed by atoms with van der Waals surface area (Å²) in [6.45, 7) is 3.03. The molecule has 1 aliphatic heterocycles. The third kappa shape index (κ3) is 2.66. The van der Waals surface area contributed by atoms with Crippen molar-refractivity contribution in [1.82, 2.24) is 4.98 Å². The van der Waals surface area contributed by atoms with Crippen LogP contribution < -0.4 is 14.5 Å². The lowest BCUT2D eigenvalue weighted by atomic mass is 10.0. The second-order valence-corrected chi connectivity index (χ2v) is 6.47. The van der Waals surface area contributed by atoms with Gasteiger partial charge in [-0.1, -0.05) is 0 Å². The maximum absolute atomic E-state index is 14.9. The van der Waals surface area contributed by atoms with Crippen molar-refractivity contribution in [3.63, 3.8) is 0 Å². The zero-order valence-corrected chi connectivity index (χ0v) is 15.3. The number of nitriles is 1. The van der Waals surface area contributed by atoms with E-state index in [2.05, 4.69) is 4.98 Å². The van der Waals surface area contributed by atoms with Gasteiger partial charge in [0.1, 0.15) is 17.3 Å². The molecule has 1 saturated heterocycles. The van der Waals surface area contributed by atoms with Crippen LogP contribution in [0.3, 0.4) is 0 Å². The van der Waals surface area contributed by atoms with E-state index in [9.17, 15) is 18.8 Å². The van der Waals surface area contributed by atoms with Crippen molar-refractivity contribution in [2.24, 2.45) is 0 Å². The molecule has 0 aliphatic carbocycles. The lowest BCUT2D eigenvalue weighted by Gasteiger charge is -2.27. The van der Waals surface area contributed by atoms with Crippen LogP contribution in [0.1, 0.15) is 29.9 Å². The Labute approximate surface area is 159 Å². The molecule has 1 aromatic heterocycles. The summed E-state index contributed by atoms with van der Waals surface area (Å²) in [5.41, 5.74) is -1.28. The fraction of sp³-hybridized carbons (Fsp3) is 0.211. The molecule has 28 heavy (non-hydrogen) atoms. The minimum atomic E-state index is -1.34. The fourth-order valence-corrected chi connectivity index (χ4v) is 3.05. The number of aldehydes is 1. The minimum absolute atomic E-state index is 0.0624. The number of urea groups is 1. The molecule has 0 bridgehead atoms. The van der Waals surface area contributed by atoms with Crippen LogP contribution in [0.4, 0.5) is 20.6 Å². The number of nitrogens with zero attached hydrogens (tertiary/aromatic N) is 4. The van der Waals surface area contributed by atoms with Crippen molar-refractivity contribution in [3.8, 4) is 11.8 Å². The molecule has 0 N–H and O–H groups in total. The predicted molar refractivity (Wildman–Crippen MR) is 96.7 cm³/mol. The highest BCUT2D eigenvalue weighted by Crippen LogP contribution is 2.39. The summed E-state index contributed by atoms with van der Waals surface area (Å²) in [6, 6.07) is 6.33. The number of ether oxygens (including phenoxy) is 1. The van der Waals surface area contributed by atoms with Gasteiger partial charge in [-0.3, -0.25) is 19.5 Å². The van der Waals surface area contributed by atoms with Gasteiger partial charge in [0.2, 0.25) is 0 Å². The van der Waals surface area contributed by atoms with Crippen LogP contribution in [0.15, 0.2) is 30.5 Å². The summed E-state index contributed by atoms with van der Waals surface area (Å²) >= 11 is 0. The van der Waals surface area contributed by atoms with Crippen molar-refractivity contribution in [2.75, 3.05) is 16.9 Å². The molecule has 1 aliphatic rings. The Balaban J connectivity index is 2.12. The molecule has 3 rings (SSSR count). The Kier molecular flexibility index (Phi) is 4.56. The lowest BCUT2D eigenvalue weighted by molar-refractivity contribution is -0.120. The van der Waals surface area contributed by atoms with E-state index in [0.717, 1.165) is 0 Å². The van der Waals surface area contributed by atoms with Crippen molar-refractivity contribution in [1.29, 1.82) is 5.26 Å². The van der Waals surface area contributed by atoms with Crippen molar-refractivity contribution in [2.45, 2.75) is 19.4 Å². The molecule has 9 heteroatoms. The zero-order chi connectivity index (χ0) is 20.6. The van der Waals surface area contributed by atoms with Crippen LogP contribution in [0.25, 0.3) is 0 Å². The van der Waals surface area contributed by atoms with Crippen LogP contribution in [-0.2, 0) is 4.79 Å². The number of amides is 3. The van der Waals surface area contributed by atoms with Gasteiger partial charge in [0, 0.05) is 0 Å². The first-order chi connectivity index (χ1) is 13.3. The van der Waals surface area contributed by atoms with Gasteiger partial charge in [-0.05, 0) is 38.1 Å². The minimum Gasteiger partial charge on any atom is -0.492 e. The third-order valence-electron chi connectivity index (χ3n) is 4.46. The van der Waals surface area contributed by atoms with Gasteiger partial charge in [-0.2, -0.15) is 5.26 Å². The van der Waals surface area contributed by atoms with Gasteiger partial charge in [0.05, 0.1) is 30.2 Å². The Bertz CT molecular complexity index is 1030.